The van der Waals surface area contributed by atoms with Gasteiger partial charge in [-0.1, -0.05) is 18.0 Å². The van der Waals surface area contributed by atoms with Gasteiger partial charge in [-0.3, -0.25) is 9.69 Å². The van der Waals surface area contributed by atoms with Crippen molar-refractivity contribution in [1.29, 1.82) is 0 Å². The van der Waals surface area contributed by atoms with Gasteiger partial charge >= 0.3 is 6.09 Å². The molecule has 2 heterocycles. The summed E-state index contributed by atoms with van der Waals surface area (Å²) in [5.74, 6) is 1.98. The average Bonchev–Trinajstić information content (AvgIpc) is 3.25. The number of hydrogen-bond donors (Lipinski definition) is 0. The van der Waals surface area contributed by atoms with Crippen LogP contribution >= 0.6 is 11.6 Å². The molecular weight excluding hydrogens is 490 g/mol. The van der Waals surface area contributed by atoms with E-state index in [2.05, 4.69) is 10.6 Å². The number of anilines is 1. The van der Waals surface area contributed by atoms with Gasteiger partial charge in [-0.15, -0.1) is 0 Å². The number of amides is 1. The Kier molecular flexibility index (Phi) is 7.17. The fourth-order valence-electron chi connectivity index (χ4n) is 6.15. The number of imidazole rings is 1. The molecule has 1 aliphatic heterocycles. The largest absolute Gasteiger partial charge is 0.497 e. The summed E-state index contributed by atoms with van der Waals surface area (Å²) in [5, 5.41) is 0.617. The minimum Gasteiger partial charge on any atom is -0.497 e. The number of fused-ring (bicyclic) bond motifs is 3. The molecule has 196 valence electrons. The Morgan fingerprint density at radius 2 is 1.95 bits per heavy atom. The van der Waals surface area contributed by atoms with Crippen molar-refractivity contribution in [3.63, 3.8) is 0 Å². The molecule has 37 heavy (non-hydrogen) atoms. The van der Waals surface area contributed by atoms with Gasteiger partial charge in [0.25, 0.3) is 0 Å². The van der Waals surface area contributed by atoms with Gasteiger partial charge in [0.05, 0.1) is 30.9 Å². The lowest BCUT2D eigenvalue weighted by atomic mass is 9.83. The maximum Gasteiger partial charge on any atom is 0.414 e. The lowest BCUT2D eigenvalue weighted by molar-refractivity contribution is -0.122. The molecule has 3 atom stereocenters. The molecule has 0 N–H and O–H groups in total. The number of carbonyl (C=O) groups is 2. The quantitative estimate of drug-likeness (QED) is 0.381. The van der Waals surface area contributed by atoms with E-state index >= 15 is 0 Å². The molecule has 1 amide bonds. The third-order valence-corrected chi connectivity index (χ3v) is 8.23. The molecule has 1 aliphatic carbocycles. The maximum absolute atomic E-state index is 12.7. The van der Waals surface area contributed by atoms with E-state index in [9.17, 15) is 9.59 Å². The molecule has 0 spiro atoms. The number of aryl methyl sites for hydroxylation is 1. The predicted molar refractivity (Wildman–Crippen MR) is 145 cm³/mol. The van der Waals surface area contributed by atoms with E-state index in [4.69, 9.17) is 26.1 Å². The molecule has 1 fully saturated rings. The van der Waals surface area contributed by atoms with E-state index in [-0.39, 0.29) is 29.9 Å². The molecule has 3 aromatic rings. The van der Waals surface area contributed by atoms with E-state index in [1.807, 2.05) is 25.1 Å². The van der Waals surface area contributed by atoms with Gasteiger partial charge in [-0.05, 0) is 81.8 Å². The fourth-order valence-corrected chi connectivity index (χ4v) is 6.39. The Hall–Kier alpha value is -3.06. The summed E-state index contributed by atoms with van der Waals surface area (Å²) in [4.78, 5) is 31.9. The van der Waals surface area contributed by atoms with Crippen LogP contribution in [0.25, 0.3) is 11.0 Å². The van der Waals surface area contributed by atoms with Crippen molar-refractivity contribution < 1.29 is 19.1 Å². The van der Waals surface area contributed by atoms with Crippen LogP contribution in [0.5, 0.6) is 5.75 Å². The third-order valence-electron chi connectivity index (χ3n) is 8.01. The van der Waals surface area contributed by atoms with Crippen molar-refractivity contribution in [3.05, 3.63) is 52.3 Å². The van der Waals surface area contributed by atoms with Crippen molar-refractivity contribution in [1.82, 2.24) is 9.55 Å². The number of halogens is 1. The zero-order valence-corrected chi connectivity index (χ0v) is 22.7. The van der Waals surface area contributed by atoms with Crippen LogP contribution in [0.3, 0.4) is 0 Å². The monoisotopic (exact) mass is 523 g/mol. The summed E-state index contributed by atoms with van der Waals surface area (Å²) in [6.07, 6.45) is 5.68. The van der Waals surface area contributed by atoms with Crippen LogP contribution in [-0.2, 0) is 22.4 Å². The van der Waals surface area contributed by atoms with Crippen molar-refractivity contribution >= 4 is 40.2 Å². The number of methoxy groups -OCH3 is 2. The van der Waals surface area contributed by atoms with Crippen LogP contribution in [-0.4, -0.2) is 41.7 Å². The second kappa shape index (κ2) is 10.4. The van der Waals surface area contributed by atoms with Crippen LogP contribution in [0, 0.1) is 5.92 Å². The summed E-state index contributed by atoms with van der Waals surface area (Å²) in [5.41, 5.74) is 4.93. The van der Waals surface area contributed by atoms with Gasteiger partial charge in [-0.2, -0.15) is 0 Å². The van der Waals surface area contributed by atoms with E-state index in [1.54, 1.807) is 25.0 Å². The van der Waals surface area contributed by atoms with Crippen LogP contribution in [0.15, 0.2) is 30.3 Å². The van der Waals surface area contributed by atoms with Crippen LogP contribution < -0.4 is 9.64 Å². The van der Waals surface area contributed by atoms with E-state index in [1.165, 1.54) is 7.11 Å². The van der Waals surface area contributed by atoms with Gasteiger partial charge < -0.3 is 14.0 Å². The number of aromatic nitrogens is 2. The van der Waals surface area contributed by atoms with E-state index < -0.39 is 0 Å². The lowest BCUT2D eigenvalue weighted by Crippen LogP contribution is -2.42. The summed E-state index contributed by atoms with van der Waals surface area (Å²) in [7, 11) is 3.05. The van der Waals surface area contributed by atoms with Crippen LogP contribution in [0.4, 0.5) is 10.5 Å². The number of ketones is 1. The third kappa shape index (κ3) is 4.81. The fraction of sp³-hybridized carbons (Fsp3) is 0.483. The molecule has 0 bridgehead atoms. The smallest absolute Gasteiger partial charge is 0.414 e. The topological polar surface area (TPSA) is 73.7 Å². The Bertz CT molecular complexity index is 1350. The second-order valence-electron chi connectivity index (χ2n) is 10.4. The Labute approximate surface area is 222 Å². The minimum absolute atomic E-state index is 0.0487. The highest BCUT2D eigenvalue weighted by Gasteiger charge is 2.33. The lowest BCUT2D eigenvalue weighted by Gasteiger charge is -2.34. The highest BCUT2D eigenvalue weighted by Crippen LogP contribution is 2.41. The molecule has 0 unspecified atom stereocenters. The van der Waals surface area contributed by atoms with Gasteiger partial charge in [0.1, 0.15) is 17.4 Å². The molecular formula is C29H34ClN3O4. The number of hydrogen-bond acceptors (Lipinski definition) is 5. The highest BCUT2D eigenvalue weighted by atomic mass is 35.5. The van der Waals surface area contributed by atoms with Crippen molar-refractivity contribution in [2.75, 3.05) is 19.1 Å². The normalized spacial score (nSPS) is 21.5. The number of nitrogens with zero attached hydrogens (tertiary/aromatic N) is 3. The van der Waals surface area contributed by atoms with Gasteiger partial charge in [0, 0.05) is 35.0 Å². The van der Waals surface area contributed by atoms with Crippen LogP contribution in [0.2, 0.25) is 5.02 Å². The molecule has 1 aromatic heterocycles. The van der Waals surface area contributed by atoms with Crippen molar-refractivity contribution in [2.24, 2.45) is 5.92 Å². The Morgan fingerprint density at radius 3 is 2.68 bits per heavy atom. The number of ether oxygens (including phenoxy) is 2. The molecule has 2 aliphatic rings. The van der Waals surface area contributed by atoms with E-state index in [0.717, 1.165) is 72.2 Å². The number of rotatable bonds is 5. The van der Waals surface area contributed by atoms with Crippen LogP contribution in [0.1, 0.15) is 68.9 Å². The molecule has 0 saturated heterocycles. The van der Waals surface area contributed by atoms with E-state index in [0.29, 0.717) is 17.2 Å². The van der Waals surface area contributed by atoms with Gasteiger partial charge in [0.2, 0.25) is 0 Å². The first-order valence-corrected chi connectivity index (χ1v) is 13.4. The van der Waals surface area contributed by atoms with Crippen molar-refractivity contribution in [3.8, 4) is 5.75 Å². The minimum atomic E-state index is -0.352. The number of carbonyl (C=O) groups excluding carboxylic acids is 2. The summed E-state index contributed by atoms with van der Waals surface area (Å²) in [6.45, 7) is 3.75. The highest BCUT2D eigenvalue weighted by molar-refractivity contribution is 6.30. The SMILES string of the molecule is COC(=O)N1c2ccc3c(nc(Cc4cc(Cl)cc(OC)c4)n3[C@@H]3CCC[C@@H](C(C)=O)C3)c2CC[C@@H]1C. The molecule has 0 radical (unpaired) electrons. The second-order valence-corrected chi connectivity index (χ2v) is 10.8. The first-order valence-electron chi connectivity index (χ1n) is 13.0. The predicted octanol–water partition coefficient (Wildman–Crippen LogP) is 6.52. The van der Waals surface area contributed by atoms with Gasteiger partial charge in [-0.25, -0.2) is 9.78 Å². The molecule has 7 nitrogen and oxygen atoms in total. The summed E-state index contributed by atoms with van der Waals surface area (Å²) >= 11 is 6.39. The molecule has 5 rings (SSSR count). The standard InChI is InChI=1S/C29H34ClN3O4/c1-17-8-9-24-25(32(17)29(35)37-4)10-11-26-28(24)31-27(14-19-12-21(30)16-23(13-19)36-3)33(26)22-7-5-6-20(15-22)18(2)34/h10-13,16-17,20,22H,5-9,14-15H2,1-4H3/t17-,20+,22+/m0/s1. The summed E-state index contributed by atoms with van der Waals surface area (Å²) in [6, 6.07) is 10.1. The van der Waals surface area contributed by atoms with Gasteiger partial charge in [0.15, 0.2) is 0 Å². The Balaban J connectivity index is 1.66. The number of benzene rings is 2. The number of Topliss-reactive ketones (excluding diaryl/α,β-unsaturated/α-hetero) is 1. The first kappa shape index (κ1) is 25.6. The Morgan fingerprint density at radius 1 is 1.14 bits per heavy atom. The molecule has 1 saturated carbocycles. The molecule has 2 aromatic carbocycles. The average molecular weight is 524 g/mol. The zero-order chi connectivity index (χ0) is 26.3. The maximum atomic E-state index is 12.7. The first-order chi connectivity index (χ1) is 17.8. The zero-order valence-electron chi connectivity index (χ0n) is 21.9. The molecule has 8 heteroatoms. The summed E-state index contributed by atoms with van der Waals surface area (Å²) < 4.78 is 12.9. The van der Waals surface area contributed by atoms with Crippen molar-refractivity contribution in [2.45, 2.75) is 70.9 Å².